The quantitative estimate of drug-likeness (QED) is 0.547. The van der Waals surface area contributed by atoms with E-state index in [1.807, 2.05) is 36.1 Å². The van der Waals surface area contributed by atoms with Crippen molar-refractivity contribution in [2.75, 3.05) is 18.0 Å². The summed E-state index contributed by atoms with van der Waals surface area (Å²) in [5.74, 6) is 0.845. The number of aryl methyl sites for hydroxylation is 1. The molecule has 0 atom stereocenters. The minimum atomic E-state index is -2.88. The van der Waals surface area contributed by atoms with Gasteiger partial charge in [0.15, 0.2) is 5.78 Å². The van der Waals surface area contributed by atoms with Gasteiger partial charge in [-0.05, 0) is 56.2 Å². The number of hydrogen-bond donors (Lipinski definition) is 0. The summed E-state index contributed by atoms with van der Waals surface area (Å²) in [7, 11) is 0. The first-order valence-electron chi connectivity index (χ1n) is 8.98. The molecule has 4 nitrogen and oxygen atoms in total. The van der Waals surface area contributed by atoms with Crippen LogP contribution in [0, 0.1) is 6.92 Å². The molecule has 0 unspecified atom stereocenters. The second-order valence-corrected chi connectivity index (χ2v) is 6.50. The van der Waals surface area contributed by atoms with Crippen LogP contribution in [0.15, 0.2) is 53.5 Å². The molecular weight excluding hydrogens is 430 g/mol. The van der Waals surface area contributed by atoms with Gasteiger partial charge in [-0.25, -0.2) is 0 Å². The molecule has 150 valence electrons. The van der Waals surface area contributed by atoms with Gasteiger partial charge in [0.25, 0.3) is 0 Å². The van der Waals surface area contributed by atoms with Crippen molar-refractivity contribution in [2.24, 2.45) is 4.99 Å². The van der Waals surface area contributed by atoms with E-state index in [2.05, 4.69) is 9.73 Å². The number of nitrogens with zero attached hydrogens (tertiary/aromatic N) is 2. The molecule has 2 aromatic rings. The number of anilines is 1. The van der Waals surface area contributed by atoms with Gasteiger partial charge >= 0.3 is 6.61 Å². The van der Waals surface area contributed by atoms with Crippen molar-refractivity contribution in [3.05, 3.63) is 59.7 Å². The van der Waals surface area contributed by atoms with Crippen LogP contribution in [0.25, 0.3) is 0 Å². The van der Waals surface area contributed by atoms with Crippen molar-refractivity contribution in [3.8, 4) is 5.75 Å². The zero-order chi connectivity index (χ0) is 19.2. The predicted molar refractivity (Wildman–Crippen MR) is 112 cm³/mol. The molecule has 0 radical (unpaired) electrons. The number of rotatable bonds is 6. The molecule has 1 heterocycles. The van der Waals surface area contributed by atoms with Crippen LogP contribution in [0.5, 0.6) is 5.75 Å². The lowest BCUT2D eigenvalue weighted by molar-refractivity contribution is -0.0498. The zero-order valence-corrected chi connectivity index (χ0v) is 17.3. The van der Waals surface area contributed by atoms with Gasteiger partial charge < -0.3 is 9.64 Å². The van der Waals surface area contributed by atoms with Crippen molar-refractivity contribution >= 4 is 34.3 Å². The normalized spacial score (nSPS) is 13.5. The number of amidine groups is 1. The lowest BCUT2D eigenvalue weighted by atomic mass is 10.1. The molecule has 0 aliphatic carbocycles. The Morgan fingerprint density at radius 1 is 1.11 bits per heavy atom. The van der Waals surface area contributed by atoms with Gasteiger partial charge in [0.1, 0.15) is 11.6 Å². The van der Waals surface area contributed by atoms with Gasteiger partial charge in [-0.1, -0.05) is 17.7 Å². The maximum absolute atomic E-state index is 12.8. The second-order valence-electron chi connectivity index (χ2n) is 6.50. The third-order valence-corrected chi connectivity index (χ3v) is 4.46. The summed E-state index contributed by atoms with van der Waals surface area (Å²) in [4.78, 5) is 19.3. The molecule has 2 aromatic carbocycles. The molecule has 0 aromatic heterocycles. The smallest absolute Gasteiger partial charge is 0.387 e. The Hall–Kier alpha value is -2.28. The van der Waals surface area contributed by atoms with Crippen molar-refractivity contribution in [3.63, 3.8) is 0 Å². The number of carbonyl (C=O) groups is 1. The molecule has 7 heteroatoms. The van der Waals surface area contributed by atoms with Gasteiger partial charge in [-0.3, -0.25) is 9.79 Å². The van der Waals surface area contributed by atoms with Gasteiger partial charge in [0.05, 0.1) is 6.54 Å². The highest BCUT2D eigenvalue weighted by Crippen LogP contribution is 2.21. The summed E-state index contributed by atoms with van der Waals surface area (Å²) in [5, 5.41) is 0. The molecule has 3 rings (SSSR count). The number of carbonyl (C=O) groups excluding carboxylic acids is 1. The Labute approximate surface area is 174 Å². The number of ketones is 1. The first-order valence-corrected chi connectivity index (χ1v) is 8.98. The molecule has 28 heavy (non-hydrogen) atoms. The molecular formula is C21H23BrF2N2O2. The van der Waals surface area contributed by atoms with Crippen molar-refractivity contribution < 1.29 is 18.3 Å². The number of Topliss-reactive ketones (excluding diaryl/α,β-unsaturated/α-hetero) is 1. The van der Waals surface area contributed by atoms with E-state index in [1.54, 1.807) is 0 Å². The van der Waals surface area contributed by atoms with E-state index in [4.69, 9.17) is 0 Å². The molecule has 0 N–H and O–H groups in total. The van der Waals surface area contributed by atoms with Crippen LogP contribution in [0.1, 0.15) is 35.2 Å². The molecule has 0 amide bonds. The number of ether oxygens (including phenoxy) is 1. The Morgan fingerprint density at radius 3 is 2.36 bits per heavy atom. The third kappa shape index (κ3) is 5.86. The maximum Gasteiger partial charge on any atom is 0.387 e. The van der Waals surface area contributed by atoms with Crippen LogP contribution in [0.3, 0.4) is 0 Å². The number of halogens is 3. The minimum absolute atomic E-state index is 0. The fourth-order valence-electron chi connectivity index (χ4n) is 3.02. The van der Waals surface area contributed by atoms with E-state index in [0.717, 1.165) is 42.9 Å². The van der Waals surface area contributed by atoms with Crippen LogP contribution < -0.4 is 9.64 Å². The molecule has 1 aliphatic rings. The molecule has 0 fully saturated rings. The first-order chi connectivity index (χ1) is 13.0. The molecule has 0 bridgehead atoms. The fourth-order valence-corrected chi connectivity index (χ4v) is 3.02. The number of alkyl halides is 2. The highest BCUT2D eigenvalue weighted by Gasteiger charge is 2.20. The summed E-state index contributed by atoms with van der Waals surface area (Å²) < 4.78 is 28.9. The van der Waals surface area contributed by atoms with E-state index in [0.29, 0.717) is 5.56 Å². The van der Waals surface area contributed by atoms with Crippen LogP contribution in [0.2, 0.25) is 0 Å². The van der Waals surface area contributed by atoms with Crippen molar-refractivity contribution in [2.45, 2.75) is 32.8 Å². The highest BCUT2D eigenvalue weighted by molar-refractivity contribution is 8.93. The van der Waals surface area contributed by atoms with Crippen molar-refractivity contribution in [1.82, 2.24) is 0 Å². The van der Waals surface area contributed by atoms with Crippen LogP contribution in [-0.4, -0.2) is 31.3 Å². The summed E-state index contributed by atoms with van der Waals surface area (Å²) >= 11 is 0. The number of hydrogen-bond acceptors (Lipinski definition) is 4. The SMILES string of the molecule is Br.Cc1ccc(N(CC(=O)c2ccc(OC(F)F)cc2)C2=NCCCC2)cc1. The van der Waals surface area contributed by atoms with E-state index in [-0.39, 0.29) is 35.1 Å². The van der Waals surface area contributed by atoms with Crippen LogP contribution in [0.4, 0.5) is 14.5 Å². The standard InChI is InChI=1S/C21H22F2N2O2.BrH/c1-15-5-9-17(10-6-15)25(20-4-2-3-13-24-20)14-19(26)16-7-11-18(12-8-16)27-21(22)23;/h5-12,21H,2-4,13-14H2,1H3;1H. The Balaban J connectivity index is 0.00000280. The molecule has 1 aliphatic heterocycles. The topological polar surface area (TPSA) is 41.9 Å². The fraction of sp³-hybridized carbons (Fsp3) is 0.333. The largest absolute Gasteiger partial charge is 0.435 e. The Bertz CT molecular complexity index is 808. The predicted octanol–water partition coefficient (Wildman–Crippen LogP) is 5.45. The van der Waals surface area contributed by atoms with Gasteiger partial charge in [-0.15, -0.1) is 17.0 Å². The zero-order valence-electron chi connectivity index (χ0n) is 15.6. The number of aliphatic imine (C=N–C) groups is 1. The first kappa shape index (κ1) is 22.0. The van der Waals surface area contributed by atoms with E-state index in [9.17, 15) is 13.6 Å². The molecule has 0 spiro atoms. The van der Waals surface area contributed by atoms with Crippen LogP contribution >= 0.6 is 17.0 Å². The minimum Gasteiger partial charge on any atom is -0.435 e. The van der Waals surface area contributed by atoms with E-state index < -0.39 is 6.61 Å². The van der Waals surface area contributed by atoms with Crippen LogP contribution in [-0.2, 0) is 0 Å². The second kappa shape index (κ2) is 10.3. The number of benzene rings is 2. The summed E-state index contributed by atoms with van der Waals surface area (Å²) in [5.41, 5.74) is 2.52. The third-order valence-electron chi connectivity index (χ3n) is 4.46. The maximum atomic E-state index is 12.8. The average Bonchev–Trinajstić information content (AvgIpc) is 2.67. The monoisotopic (exact) mass is 452 g/mol. The molecule has 0 saturated heterocycles. The summed E-state index contributed by atoms with van der Waals surface area (Å²) in [6, 6.07) is 13.8. The summed E-state index contributed by atoms with van der Waals surface area (Å²) in [6.07, 6.45) is 2.95. The van der Waals surface area contributed by atoms with Gasteiger partial charge in [-0.2, -0.15) is 8.78 Å². The lowest BCUT2D eigenvalue weighted by Crippen LogP contribution is -2.37. The lowest BCUT2D eigenvalue weighted by Gasteiger charge is -2.28. The Morgan fingerprint density at radius 2 is 1.79 bits per heavy atom. The van der Waals surface area contributed by atoms with Crippen molar-refractivity contribution in [1.29, 1.82) is 0 Å². The highest BCUT2D eigenvalue weighted by atomic mass is 79.9. The van der Waals surface area contributed by atoms with E-state index in [1.165, 1.54) is 24.3 Å². The van der Waals surface area contributed by atoms with E-state index >= 15 is 0 Å². The molecule has 0 saturated carbocycles. The average molecular weight is 453 g/mol. The van der Waals surface area contributed by atoms with Gasteiger partial charge in [0, 0.05) is 24.2 Å². The summed E-state index contributed by atoms with van der Waals surface area (Å²) in [6.45, 7) is 0.0519. The van der Waals surface area contributed by atoms with Gasteiger partial charge in [0.2, 0.25) is 0 Å². The Kier molecular flexibility index (Phi) is 8.11.